The Balaban J connectivity index is 1.68. The third-order valence-corrected chi connectivity index (χ3v) is 6.37. The lowest BCUT2D eigenvalue weighted by molar-refractivity contribution is 0.261. The summed E-state index contributed by atoms with van der Waals surface area (Å²) in [5.41, 5.74) is 7.17. The zero-order valence-corrected chi connectivity index (χ0v) is 18.1. The van der Waals surface area contributed by atoms with E-state index in [2.05, 4.69) is 21.7 Å². The van der Waals surface area contributed by atoms with Crippen molar-refractivity contribution in [3.63, 3.8) is 0 Å². The van der Waals surface area contributed by atoms with E-state index in [1.165, 1.54) is 11.8 Å². The van der Waals surface area contributed by atoms with Crippen molar-refractivity contribution in [1.82, 2.24) is 5.43 Å². The Kier molecular flexibility index (Phi) is 5.87. The van der Waals surface area contributed by atoms with Crippen LogP contribution in [0, 0.1) is 0 Å². The SMILES string of the molecule is COc1ccc(C(=NO)N2CCCc3cc(C4=NNC(=O)SC4C)ccc32)cc1Cl. The van der Waals surface area contributed by atoms with Gasteiger partial charge in [0.15, 0.2) is 5.84 Å². The molecule has 2 aromatic carbocycles. The maximum absolute atomic E-state index is 11.5. The zero-order chi connectivity index (χ0) is 21.3. The normalized spacial score (nSPS) is 19.1. The first kappa shape index (κ1) is 20.6. The molecule has 0 radical (unpaired) electrons. The maximum Gasteiger partial charge on any atom is 0.299 e. The highest BCUT2D eigenvalue weighted by Gasteiger charge is 2.27. The van der Waals surface area contributed by atoms with Crippen molar-refractivity contribution >= 4 is 45.8 Å². The van der Waals surface area contributed by atoms with Crippen LogP contribution in [-0.2, 0) is 6.42 Å². The molecule has 2 heterocycles. The number of amides is 1. The van der Waals surface area contributed by atoms with Gasteiger partial charge in [0.25, 0.3) is 5.24 Å². The van der Waals surface area contributed by atoms with Crippen LogP contribution in [0.1, 0.15) is 30.0 Å². The van der Waals surface area contributed by atoms with Crippen molar-refractivity contribution in [2.45, 2.75) is 25.0 Å². The minimum Gasteiger partial charge on any atom is -0.495 e. The topological polar surface area (TPSA) is 86.5 Å². The summed E-state index contributed by atoms with van der Waals surface area (Å²) in [6.07, 6.45) is 1.82. The number of nitrogens with zero attached hydrogens (tertiary/aromatic N) is 3. The van der Waals surface area contributed by atoms with E-state index in [1.807, 2.05) is 30.0 Å². The van der Waals surface area contributed by atoms with Gasteiger partial charge in [-0.05, 0) is 61.2 Å². The number of oxime groups is 1. The molecular weight excluding hydrogens is 424 g/mol. The van der Waals surface area contributed by atoms with Gasteiger partial charge < -0.3 is 14.8 Å². The Morgan fingerprint density at radius 3 is 2.90 bits per heavy atom. The number of carbonyl (C=O) groups is 1. The lowest BCUT2D eigenvalue weighted by Gasteiger charge is -2.32. The molecule has 30 heavy (non-hydrogen) atoms. The molecule has 2 N–H and O–H groups in total. The van der Waals surface area contributed by atoms with Gasteiger partial charge in [0.05, 0.1) is 23.1 Å². The van der Waals surface area contributed by atoms with Gasteiger partial charge in [-0.15, -0.1) is 0 Å². The summed E-state index contributed by atoms with van der Waals surface area (Å²) < 4.78 is 5.21. The predicted molar refractivity (Wildman–Crippen MR) is 121 cm³/mol. The van der Waals surface area contributed by atoms with Crippen LogP contribution >= 0.6 is 23.4 Å². The molecule has 0 aliphatic carbocycles. The quantitative estimate of drug-likeness (QED) is 0.315. The minimum atomic E-state index is -0.141. The summed E-state index contributed by atoms with van der Waals surface area (Å²) in [4.78, 5) is 13.5. The molecule has 2 aromatic rings. The van der Waals surface area contributed by atoms with Crippen LogP contribution < -0.4 is 15.1 Å². The molecule has 0 saturated carbocycles. The highest BCUT2D eigenvalue weighted by Crippen LogP contribution is 2.33. The van der Waals surface area contributed by atoms with Gasteiger partial charge in [-0.3, -0.25) is 4.79 Å². The molecule has 0 fully saturated rings. The van der Waals surface area contributed by atoms with Crippen LogP contribution in [0.25, 0.3) is 0 Å². The van der Waals surface area contributed by atoms with Gasteiger partial charge in [0, 0.05) is 17.8 Å². The summed E-state index contributed by atoms with van der Waals surface area (Å²) in [6.45, 7) is 2.69. The van der Waals surface area contributed by atoms with Crippen LogP contribution in [0.4, 0.5) is 10.5 Å². The number of fused-ring (bicyclic) bond motifs is 1. The molecule has 7 nitrogen and oxygen atoms in total. The van der Waals surface area contributed by atoms with Crippen molar-refractivity contribution in [3.05, 3.63) is 58.1 Å². The Hall–Kier alpha value is -2.71. The number of amidine groups is 1. The van der Waals surface area contributed by atoms with Gasteiger partial charge in [-0.25, -0.2) is 5.43 Å². The molecule has 0 aromatic heterocycles. The highest BCUT2D eigenvalue weighted by molar-refractivity contribution is 8.14. The molecule has 0 spiro atoms. The van der Waals surface area contributed by atoms with Gasteiger partial charge in [-0.1, -0.05) is 34.6 Å². The molecule has 2 aliphatic rings. The smallest absolute Gasteiger partial charge is 0.299 e. The number of benzene rings is 2. The number of hydrogen-bond donors (Lipinski definition) is 2. The summed E-state index contributed by atoms with van der Waals surface area (Å²) in [6, 6.07) is 11.4. The molecule has 2 aliphatic heterocycles. The van der Waals surface area contributed by atoms with Gasteiger partial charge in [-0.2, -0.15) is 5.10 Å². The predicted octanol–water partition coefficient (Wildman–Crippen LogP) is 4.49. The van der Waals surface area contributed by atoms with E-state index in [0.717, 1.165) is 41.9 Å². The van der Waals surface area contributed by atoms with E-state index in [4.69, 9.17) is 16.3 Å². The van der Waals surface area contributed by atoms with Crippen molar-refractivity contribution in [1.29, 1.82) is 0 Å². The number of rotatable bonds is 3. The Morgan fingerprint density at radius 2 is 2.20 bits per heavy atom. The lowest BCUT2D eigenvalue weighted by atomic mass is 9.96. The number of hydrazone groups is 1. The monoisotopic (exact) mass is 444 g/mol. The number of halogens is 1. The first-order valence-corrected chi connectivity index (χ1v) is 10.8. The van der Waals surface area contributed by atoms with Crippen LogP contribution in [0.2, 0.25) is 5.02 Å². The fraction of sp³-hybridized carbons (Fsp3) is 0.286. The molecule has 0 bridgehead atoms. The second kappa shape index (κ2) is 8.57. The number of methoxy groups -OCH3 is 1. The van der Waals surface area contributed by atoms with Gasteiger partial charge >= 0.3 is 0 Å². The average molecular weight is 445 g/mol. The molecular formula is C21H21ClN4O3S. The number of nitrogens with one attached hydrogen (secondary N) is 1. The summed E-state index contributed by atoms with van der Waals surface area (Å²) in [5, 5.41) is 17.9. The summed E-state index contributed by atoms with van der Waals surface area (Å²) >= 11 is 7.50. The number of anilines is 1. The highest BCUT2D eigenvalue weighted by atomic mass is 35.5. The van der Waals surface area contributed by atoms with Crippen molar-refractivity contribution in [2.75, 3.05) is 18.6 Å². The Morgan fingerprint density at radius 1 is 1.37 bits per heavy atom. The molecule has 9 heteroatoms. The molecule has 1 unspecified atom stereocenters. The number of hydrogen-bond acceptors (Lipinski definition) is 6. The zero-order valence-electron chi connectivity index (χ0n) is 16.6. The Labute approximate surface area is 183 Å². The van der Waals surface area contributed by atoms with Gasteiger partial charge in [0.2, 0.25) is 0 Å². The molecule has 156 valence electrons. The Bertz CT molecular complexity index is 1060. The number of carbonyl (C=O) groups excluding carboxylic acids is 1. The molecule has 1 amide bonds. The van der Waals surface area contributed by atoms with E-state index in [0.29, 0.717) is 22.2 Å². The van der Waals surface area contributed by atoms with E-state index in [-0.39, 0.29) is 10.5 Å². The van der Waals surface area contributed by atoms with Crippen LogP contribution in [-0.4, -0.2) is 40.9 Å². The first-order valence-electron chi connectivity index (χ1n) is 9.53. The number of aryl methyl sites for hydroxylation is 1. The summed E-state index contributed by atoms with van der Waals surface area (Å²) in [5.74, 6) is 0.994. The van der Waals surface area contributed by atoms with E-state index >= 15 is 0 Å². The average Bonchev–Trinajstić information content (AvgIpc) is 2.74. The fourth-order valence-corrected chi connectivity index (χ4v) is 4.77. The second-order valence-electron chi connectivity index (χ2n) is 7.03. The summed E-state index contributed by atoms with van der Waals surface area (Å²) in [7, 11) is 1.56. The van der Waals surface area contributed by atoms with E-state index < -0.39 is 0 Å². The third kappa shape index (κ3) is 3.85. The lowest BCUT2D eigenvalue weighted by Crippen LogP contribution is -2.36. The van der Waals surface area contributed by atoms with Crippen molar-refractivity contribution in [3.8, 4) is 5.75 Å². The number of thioether (sulfide) groups is 1. The van der Waals surface area contributed by atoms with Crippen molar-refractivity contribution < 1.29 is 14.7 Å². The van der Waals surface area contributed by atoms with Crippen LogP contribution in [0.3, 0.4) is 0 Å². The number of ether oxygens (including phenoxy) is 1. The van der Waals surface area contributed by atoms with Crippen LogP contribution in [0.15, 0.2) is 46.7 Å². The second-order valence-corrected chi connectivity index (χ2v) is 8.75. The molecule has 4 rings (SSSR count). The standard InChI is InChI=1S/C21H21ClN4O3S/c1-12-19(23-24-21(27)30-12)14-5-7-17-13(10-14)4-3-9-26(17)20(25-28)15-6-8-18(29-2)16(22)11-15/h5-8,10-12,28H,3-4,9H2,1-2H3,(H,24,27). The maximum atomic E-state index is 11.5. The third-order valence-electron chi connectivity index (χ3n) is 5.19. The van der Waals surface area contributed by atoms with Crippen molar-refractivity contribution in [2.24, 2.45) is 10.3 Å². The van der Waals surface area contributed by atoms with Crippen LogP contribution in [0.5, 0.6) is 5.75 Å². The molecule has 0 saturated heterocycles. The van der Waals surface area contributed by atoms with Gasteiger partial charge in [0.1, 0.15) is 5.75 Å². The first-order chi connectivity index (χ1) is 14.5. The fourth-order valence-electron chi connectivity index (χ4n) is 3.79. The minimum absolute atomic E-state index is 0.0208. The van der Waals surface area contributed by atoms with E-state index in [9.17, 15) is 10.0 Å². The van der Waals surface area contributed by atoms with E-state index in [1.54, 1.807) is 19.2 Å². The molecule has 1 atom stereocenters. The largest absolute Gasteiger partial charge is 0.495 e.